The summed E-state index contributed by atoms with van der Waals surface area (Å²) in [7, 11) is 5.78. The van der Waals surface area contributed by atoms with Crippen LogP contribution in [-0.2, 0) is 0 Å². The number of benzene rings is 1. The van der Waals surface area contributed by atoms with Gasteiger partial charge in [0.1, 0.15) is 0 Å². The summed E-state index contributed by atoms with van der Waals surface area (Å²) in [6.45, 7) is 1.56. The van der Waals surface area contributed by atoms with Crippen molar-refractivity contribution in [2.45, 2.75) is 0 Å². The van der Waals surface area contributed by atoms with Crippen LogP contribution in [0.3, 0.4) is 0 Å². The van der Waals surface area contributed by atoms with Crippen LogP contribution in [0.1, 0.15) is 10.4 Å². The van der Waals surface area contributed by atoms with Crippen LogP contribution in [0.15, 0.2) is 24.3 Å². The second-order valence-electron chi connectivity index (χ2n) is 4.25. The van der Waals surface area contributed by atoms with Crippen molar-refractivity contribution in [1.82, 2.24) is 9.80 Å². The maximum Gasteiger partial charge on any atom is 0.253 e. The number of likely N-dealkylation sites (N-methyl/N-ethyl adjacent to an activating group) is 2. The van der Waals surface area contributed by atoms with E-state index in [2.05, 4.69) is 5.43 Å². The molecule has 0 heterocycles. The largest absolute Gasteiger partial charge is 0.340 e. The highest BCUT2D eigenvalue weighted by Gasteiger charge is 2.11. The van der Waals surface area contributed by atoms with E-state index in [-0.39, 0.29) is 5.91 Å². The molecule has 5 heteroatoms. The summed E-state index contributed by atoms with van der Waals surface area (Å²) in [5.41, 5.74) is 3.99. The minimum Gasteiger partial charge on any atom is -0.340 e. The van der Waals surface area contributed by atoms with Gasteiger partial charge in [0, 0.05) is 31.4 Å². The first-order valence-corrected chi connectivity index (χ1v) is 5.51. The molecule has 17 heavy (non-hydrogen) atoms. The van der Waals surface area contributed by atoms with E-state index in [1.807, 2.05) is 19.0 Å². The molecule has 1 rings (SSSR count). The molecule has 1 amide bonds. The molecule has 0 atom stereocenters. The zero-order valence-corrected chi connectivity index (χ0v) is 10.6. The molecular weight excluding hydrogens is 216 g/mol. The van der Waals surface area contributed by atoms with Crippen molar-refractivity contribution in [3.05, 3.63) is 29.8 Å². The normalized spacial score (nSPS) is 10.4. The van der Waals surface area contributed by atoms with E-state index in [0.29, 0.717) is 12.1 Å². The molecule has 0 radical (unpaired) electrons. The fourth-order valence-corrected chi connectivity index (χ4v) is 1.38. The lowest BCUT2D eigenvalue weighted by Crippen LogP contribution is -2.33. The second kappa shape index (κ2) is 6.22. The average molecular weight is 236 g/mol. The quantitative estimate of drug-likeness (QED) is 0.581. The summed E-state index contributed by atoms with van der Waals surface area (Å²) in [4.78, 5) is 15.8. The highest BCUT2D eigenvalue weighted by atomic mass is 16.2. The van der Waals surface area contributed by atoms with Crippen LogP contribution in [0.5, 0.6) is 0 Å². The number of hydrogen-bond acceptors (Lipinski definition) is 4. The number of amides is 1. The van der Waals surface area contributed by atoms with Crippen LogP contribution in [0.4, 0.5) is 5.69 Å². The van der Waals surface area contributed by atoms with Gasteiger partial charge in [-0.05, 0) is 38.4 Å². The molecular formula is C12H20N4O. The van der Waals surface area contributed by atoms with Crippen LogP contribution < -0.4 is 11.3 Å². The molecule has 3 N–H and O–H groups in total. The number of nitrogen functional groups attached to an aromatic ring is 1. The number of hydrazine groups is 1. The fraction of sp³-hybridized carbons (Fsp3) is 0.417. The molecule has 0 fully saturated rings. The van der Waals surface area contributed by atoms with E-state index < -0.39 is 0 Å². The third-order valence-corrected chi connectivity index (χ3v) is 2.53. The number of carbonyl (C=O) groups excluding carboxylic acids is 1. The Labute approximate surface area is 102 Å². The Bertz CT molecular complexity index is 361. The third kappa shape index (κ3) is 4.05. The number of nitrogens with zero attached hydrogens (tertiary/aromatic N) is 2. The molecule has 0 bridgehead atoms. The summed E-state index contributed by atoms with van der Waals surface area (Å²) in [5, 5.41) is 0. The highest BCUT2D eigenvalue weighted by Crippen LogP contribution is 2.09. The van der Waals surface area contributed by atoms with Crippen molar-refractivity contribution in [3.8, 4) is 0 Å². The number of rotatable bonds is 5. The topological polar surface area (TPSA) is 61.6 Å². The van der Waals surface area contributed by atoms with E-state index >= 15 is 0 Å². The van der Waals surface area contributed by atoms with Gasteiger partial charge in [-0.1, -0.05) is 0 Å². The van der Waals surface area contributed by atoms with Crippen molar-refractivity contribution < 1.29 is 4.79 Å². The Hall–Kier alpha value is -1.59. The number of hydrogen-bond donors (Lipinski definition) is 2. The van der Waals surface area contributed by atoms with Crippen LogP contribution in [-0.4, -0.2) is 49.9 Å². The first-order valence-electron chi connectivity index (χ1n) is 5.51. The van der Waals surface area contributed by atoms with Gasteiger partial charge in [0.2, 0.25) is 0 Å². The summed E-state index contributed by atoms with van der Waals surface area (Å²) < 4.78 is 0. The zero-order valence-electron chi connectivity index (χ0n) is 10.6. The summed E-state index contributed by atoms with van der Waals surface area (Å²) in [6, 6.07) is 7.10. The molecule has 1 aromatic rings. The van der Waals surface area contributed by atoms with E-state index in [1.54, 1.807) is 36.2 Å². The van der Waals surface area contributed by atoms with Crippen LogP contribution in [0.25, 0.3) is 0 Å². The highest BCUT2D eigenvalue weighted by molar-refractivity contribution is 5.94. The first kappa shape index (κ1) is 13.5. The summed E-state index contributed by atoms with van der Waals surface area (Å²) in [6.07, 6.45) is 0. The molecule has 94 valence electrons. The monoisotopic (exact) mass is 236 g/mol. The SMILES string of the molecule is CN(C)CCN(C)C(=O)c1ccc(NN)cc1. The first-order chi connectivity index (χ1) is 8.04. The Morgan fingerprint density at radius 3 is 2.24 bits per heavy atom. The van der Waals surface area contributed by atoms with Crippen LogP contribution >= 0.6 is 0 Å². The molecule has 5 nitrogen and oxygen atoms in total. The van der Waals surface area contributed by atoms with Gasteiger partial charge in [-0.2, -0.15) is 0 Å². The Balaban J connectivity index is 2.61. The minimum atomic E-state index is 0.0235. The summed E-state index contributed by atoms with van der Waals surface area (Å²) >= 11 is 0. The van der Waals surface area contributed by atoms with Crippen molar-refractivity contribution >= 4 is 11.6 Å². The van der Waals surface area contributed by atoms with E-state index in [9.17, 15) is 4.79 Å². The molecule has 1 aromatic carbocycles. The van der Waals surface area contributed by atoms with Gasteiger partial charge in [-0.25, -0.2) is 0 Å². The lowest BCUT2D eigenvalue weighted by molar-refractivity contribution is 0.0786. The Kier molecular flexibility index (Phi) is 4.93. The maximum atomic E-state index is 12.0. The van der Waals surface area contributed by atoms with Gasteiger partial charge in [-0.3, -0.25) is 10.6 Å². The Morgan fingerprint density at radius 2 is 1.76 bits per heavy atom. The van der Waals surface area contributed by atoms with Crippen molar-refractivity contribution in [2.24, 2.45) is 5.84 Å². The number of nitrogens with two attached hydrogens (primary N) is 1. The predicted octanol–water partition coefficient (Wildman–Crippen LogP) is 0.606. The number of nitrogens with one attached hydrogen (secondary N) is 1. The molecule has 0 aromatic heterocycles. The third-order valence-electron chi connectivity index (χ3n) is 2.53. The average Bonchev–Trinajstić information content (AvgIpc) is 2.35. The van der Waals surface area contributed by atoms with Crippen molar-refractivity contribution in [1.29, 1.82) is 0 Å². The standard InChI is InChI=1S/C12H20N4O/c1-15(2)8-9-16(3)12(17)10-4-6-11(14-13)7-5-10/h4-7,14H,8-9,13H2,1-3H3. The molecule has 0 spiro atoms. The van der Waals surface area contributed by atoms with Crippen LogP contribution in [0, 0.1) is 0 Å². The zero-order chi connectivity index (χ0) is 12.8. The van der Waals surface area contributed by atoms with Gasteiger partial charge in [0.25, 0.3) is 5.91 Å². The molecule has 0 aliphatic rings. The lowest BCUT2D eigenvalue weighted by Gasteiger charge is -2.19. The molecule has 0 aliphatic heterocycles. The Morgan fingerprint density at radius 1 is 1.18 bits per heavy atom. The van der Waals surface area contributed by atoms with Gasteiger partial charge in [0.05, 0.1) is 0 Å². The van der Waals surface area contributed by atoms with Gasteiger partial charge in [0.15, 0.2) is 0 Å². The van der Waals surface area contributed by atoms with Gasteiger partial charge in [-0.15, -0.1) is 0 Å². The molecule has 0 aliphatic carbocycles. The van der Waals surface area contributed by atoms with E-state index in [4.69, 9.17) is 5.84 Å². The van der Waals surface area contributed by atoms with E-state index in [0.717, 1.165) is 12.2 Å². The maximum absolute atomic E-state index is 12.0. The molecule has 0 unspecified atom stereocenters. The number of anilines is 1. The second-order valence-corrected chi connectivity index (χ2v) is 4.25. The van der Waals surface area contributed by atoms with Crippen LogP contribution in [0.2, 0.25) is 0 Å². The van der Waals surface area contributed by atoms with Crippen molar-refractivity contribution in [3.63, 3.8) is 0 Å². The summed E-state index contributed by atoms with van der Waals surface area (Å²) in [5.74, 6) is 5.29. The fourth-order valence-electron chi connectivity index (χ4n) is 1.38. The van der Waals surface area contributed by atoms with E-state index in [1.165, 1.54) is 0 Å². The molecule has 0 saturated heterocycles. The van der Waals surface area contributed by atoms with Gasteiger partial charge < -0.3 is 15.2 Å². The van der Waals surface area contributed by atoms with Crippen molar-refractivity contribution in [2.75, 3.05) is 39.7 Å². The lowest BCUT2D eigenvalue weighted by atomic mass is 10.2. The number of carbonyl (C=O) groups is 1. The minimum absolute atomic E-state index is 0.0235. The van der Waals surface area contributed by atoms with Gasteiger partial charge >= 0.3 is 0 Å². The molecule has 0 saturated carbocycles. The predicted molar refractivity (Wildman–Crippen MR) is 69.8 cm³/mol. The smallest absolute Gasteiger partial charge is 0.253 e.